The van der Waals surface area contributed by atoms with E-state index in [1.807, 2.05) is 56.3 Å². The van der Waals surface area contributed by atoms with Crippen molar-refractivity contribution < 1.29 is 77.1 Å². The molecular weight excluding hydrogens is 1560 g/mol. The van der Waals surface area contributed by atoms with Gasteiger partial charge in [0.05, 0.1) is 20.8 Å². The summed E-state index contributed by atoms with van der Waals surface area (Å²) in [5, 5.41) is 46.8. The maximum absolute atomic E-state index is 15.5. The summed E-state index contributed by atoms with van der Waals surface area (Å²) >= 11 is 6.33. The van der Waals surface area contributed by atoms with Crippen molar-refractivity contribution >= 4 is 111 Å². The van der Waals surface area contributed by atoms with Crippen molar-refractivity contribution in [3.63, 3.8) is 0 Å². The van der Waals surface area contributed by atoms with Crippen molar-refractivity contribution in [1.82, 2.24) is 74.0 Å². The largest absolute Gasteiger partial charge is 0.394 e. The molecule has 6 aromatic rings. The van der Waals surface area contributed by atoms with Crippen LogP contribution in [0.2, 0.25) is 5.02 Å². The third kappa shape index (κ3) is 32.2. The van der Waals surface area contributed by atoms with Gasteiger partial charge in [0, 0.05) is 79.9 Å². The highest BCUT2D eigenvalue weighted by Gasteiger charge is 2.41. The van der Waals surface area contributed by atoms with Gasteiger partial charge in [0.1, 0.15) is 60.4 Å². The molecule has 10 atom stereocenters. The molecule has 1 aliphatic heterocycles. The summed E-state index contributed by atoms with van der Waals surface area (Å²) in [7, 11) is 2.48. The Kier molecular flexibility index (Phi) is 39.5. The second-order valence-electron chi connectivity index (χ2n) is 30.6. The minimum atomic E-state index is -1.89. The standard InChI is InChI=1S/C86H116ClN17O16/c1-9-10-11-12-13-25-74(106)94-67(48-58-26-33-60-21-14-15-22-61(60)44-58)77(109)97-68(45-55-27-34-62(87)35-28-55)79(111)99-71(49-59-20-18-40-89-50-59)81(113)101-72(51-105)82(114)100-70(47-57-31-38-64(39-32-57)93-86(118)103-120-8)80(112)98-69(46-56-29-36-63(37-30-56)92-85(117)102-119-7)78(110)96-66(43-52(2)3)76(108)95-65(23-16-17-41-90-53(4)5)84(116)104-42-19-24-73(104)83(115)91-54(6)75(88)107/h14-15,18,20-22,26-40,44,50,52-54,65-73,90,105H,9-13,16-17,19,23-25,41-43,45-49,51H2,1-8H3,(H2,88,107)(H,91,115)(H,94,106)(H,95,108)(H,96,110)(H,97,109)(H,98,112)(H,99,111)(H,100,114)(H,101,113)(H2,92,102,117)(H2,93,103,118)/t54-,65+,66+,67-,68-,69-,70+,71-,72+,73+/m1/s1. The lowest BCUT2D eigenvalue weighted by molar-refractivity contribution is -0.142. The molecule has 1 fully saturated rings. The van der Waals surface area contributed by atoms with Gasteiger partial charge in [-0.05, 0) is 145 Å². The van der Waals surface area contributed by atoms with Gasteiger partial charge in [0.2, 0.25) is 65.0 Å². The SMILES string of the molecule is CCCCCCCC(=O)N[C@H](Cc1ccc2ccccc2c1)C(=O)N[C@H](Cc1ccc(Cl)cc1)C(=O)N[C@H](Cc1cccnc1)C(=O)N[C@@H](CO)C(=O)N[C@@H](Cc1ccc(NC(=O)NOC)cc1)C(=O)N[C@H](Cc1ccc(NC(=O)NOC)cc1)C(=O)N[C@@H](CC(C)C)C(=O)N[C@@H](CCCCNC(C)C)C(=O)N1CCC[C@H]1C(=O)N[C@H](C)C(N)=O. The molecule has 1 aromatic heterocycles. The average molecular weight is 1680 g/mol. The van der Waals surface area contributed by atoms with Crippen molar-refractivity contribution in [2.45, 2.75) is 217 Å². The first-order chi connectivity index (χ1) is 57.5. The van der Waals surface area contributed by atoms with Crippen LogP contribution in [0.1, 0.15) is 146 Å². The summed E-state index contributed by atoms with van der Waals surface area (Å²) in [6, 6.07) is 20.0. The quantitative estimate of drug-likeness (QED) is 0.0172. The lowest BCUT2D eigenvalue weighted by atomic mass is 9.99. The summed E-state index contributed by atoms with van der Waals surface area (Å²) < 4.78 is 0. The Morgan fingerprint density at radius 2 is 0.975 bits per heavy atom. The van der Waals surface area contributed by atoms with E-state index in [0.717, 1.165) is 42.0 Å². The maximum atomic E-state index is 15.5. The van der Waals surface area contributed by atoms with E-state index in [2.05, 4.69) is 86.7 Å². The van der Waals surface area contributed by atoms with Crippen LogP contribution in [0.25, 0.3) is 10.8 Å². The number of hydrogen-bond acceptors (Lipinski definition) is 18. The van der Waals surface area contributed by atoms with Crippen LogP contribution in [-0.2, 0) is 94.5 Å². The van der Waals surface area contributed by atoms with Crippen LogP contribution in [0.15, 0.2) is 140 Å². The van der Waals surface area contributed by atoms with Gasteiger partial charge in [0.15, 0.2) is 0 Å². The first-order valence-electron chi connectivity index (χ1n) is 40.7. The number of hydroxylamine groups is 2. The number of aromatic nitrogens is 1. The van der Waals surface area contributed by atoms with E-state index >= 15 is 24.0 Å². The number of unbranched alkanes of at least 4 members (excludes halogenated alkanes) is 5. The molecular formula is C86H116ClN17O16. The number of rotatable bonds is 48. The summed E-state index contributed by atoms with van der Waals surface area (Å²) in [4.78, 5) is 200. The van der Waals surface area contributed by atoms with E-state index in [4.69, 9.17) is 27.0 Å². The number of likely N-dealkylation sites (tertiary alicyclic amines) is 1. The minimum absolute atomic E-state index is 0.00654. The Labute approximate surface area is 704 Å². The summed E-state index contributed by atoms with van der Waals surface area (Å²) in [5.41, 5.74) is 12.8. The molecule has 33 nitrogen and oxygen atoms in total. The van der Waals surface area contributed by atoms with E-state index in [-0.39, 0.29) is 87.9 Å². The third-order valence-electron chi connectivity index (χ3n) is 20.0. The molecule has 2 heterocycles. The molecule has 1 saturated heterocycles. The normalized spacial score (nSPS) is 14.7. The number of fused-ring (bicyclic) bond motifs is 1. The molecule has 1 aliphatic rings. The second kappa shape index (κ2) is 49.7. The van der Waals surface area contributed by atoms with Crippen LogP contribution in [0.4, 0.5) is 21.0 Å². The van der Waals surface area contributed by atoms with Gasteiger partial charge in [-0.1, -0.05) is 157 Å². The number of pyridine rings is 1. The summed E-state index contributed by atoms with van der Waals surface area (Å²) in [5.74, 6) is -9.07. The number of hydrogen-bond donors (Lipinski definition) is 16. The smallest absolute Gasteiger partial charge is 0.343 e. The van der Waals surface area contributed by atoms with Crippen molar-refractivity contribution in [3.8, 4) is 0 Å². The fraction of sp³-hybridized carbons (Fsp3) is 0.465. The number of halogens is 1. The first kappa shape index (κ1) is 95.5. The highest BCUT2D eigenvalue weighted by atomic mass is 35.5. The molecule has 34 heteroatoms. The molecule has 15 amide bonds. The topological polar surface area (TPSA) is 471 Å². The number of benzene rings is 5. The number of carbonyl (C=O) groups is 13. The zero-order chi connectivity index (χ0) is 87.2. The van der Waals surface area contributed by atoms with Gasteiger partial charge in [-0.15, -0.1) is 0 Å². The number of carbonyl (C=O) groups excluding carboxylic acids is 13. The number of nitrogens with zero attached hydrogens (tertiary/aromatic N) is 2. The van der Waals surface area contributed by atoms with Crippen molar-refractivity contribution in [1.29, 1.82) is 0 Å². The number of primary amides is 1. The average Bonchev–Trinajstić information content (AvgIpc) is 1.56. The van der Waals surface area contributed by atoms with Crippen molar-refractivity contribution in [2.24, 2.45) is 11.7 Å². The highest BCUT2D eigenvalue weighted by molar-refractivity contribution is 6.30. The van der Waals surface area contributed by atoms with Crippen molar-refractivity contribution in [3.05, 3.63) is 173 Å². The van der Waals surface area contributed by atoms with E-state index in [1.165, 1.54) is 74.8 Å². The monoisotopic (exact) mass is 1680 g/mol. The number of nitrogens with two attached hydrogens (primary N) is 1. The van der Waals surface area contributed by atoms with E-state index in [0.29, 0.717) is 65.2 Å². The van der Waals surface area contributed by atoms with Crippen LogP contribution in [0.5, 0.6) is 0 Å². The zero-order valence-corrected chi connectivity index (χ0v) is 70.0. The molecule has 0 saturated carbocycles. The van der Waals surface area contributed by atoms with Gasteiger partial charge in [-0.2, -0.15) is 0 Å². The Morgan fingerprint density at radius 1 is 0.508 bits per heavy atom. The van der Waals surface area contributed by atoms with Crippen LogP contribution in [0.3, 0.4) is 0 Å². The van der Waals surface area contributed by atoms with E-state index in [9.17, 15) is 43.5 Å². The molecule has 0 spiro atoms. The number of amides is 15. The van der Waals surface area contributed by atoms with Gasteiger partial charge >= 0.3 is 12.1 Å². The predicted octanol–water partition coefficient (Wildman–Crippen LogP) is 5.19. The van der Waals surface area contributed by atoms with Gasteiger partial charge in [-0.3, -0.25) is 67.4 Å². The van der Waals surface area contributed by atoms with Gasteiger partial charge in [0.25, 0.3) is 0 Å². The molecule has 120 heavy (non-hydrogen) atoms. The van der Waals surface area contributed by atoms with Gasteiger partial charge in [-0.25, -0.2) is 20.5 Å². The fourth-order valence-electron chi connectivity index (χ4n) is 13.6. The van der Waals surface area contributed by atoms with Gasteiger partial charge < -0.3 is 79.5 Å². The Morgan fingerprint density at radius 3 is 1.48 bits per heavy atom. The fourth-order valence-corrected chi connectivity index (χ4v) is 13.8. The molecule has 0 unspecified atom stereocenters. The number of urea groups is 2. The van der Waals surface area contributed by atoms with Crippen LogP contribution in [-0.4, -0.2) is 192 Å². The van der Waals surface area contributed by atoms with Crippen molar-refractivity contribution in [2.75, 3.05) is 44.5 Å². The lowest BCUT2D eigenvalue weighted by Crippen LogP contribution is -2.62. The Hall–Kier alpha value is -11.6. The molecule has 5 aromatic carbocycles. The zero-order valence-electron chi connectivity index (χ0n) is 69.3. The third-order valence-corrected chi connectivity index (χ3v) is 20.3. The summed E-state index contributed by atoms with van der Waals surface area (Å²) in [6.07, 6.45) is 8.21. The van der Waals surface area contributed by atoms with Crippen LogP contribution in [0, 0.1) is 5.92 Å². The maximum Gasteiger partial charge on any atom is 0.343 e. The number of aliphatic hydroxyl groups is 1. The molecule has 17 N–H and O–H groups in total. The van der Waals surface area contributed by atoms with Crippen LogP contribution < -0.4 is 80.5 Å². The highest BCUT2D eigenvalue weighted by Crippen LogP contribution is 2.24. The Bertz CT molecular complexity index is 4390. The lowest BCUT2D eigenvalue weighted by Gasteiger charge is -2.31. The molecule has 0 aliphatic carbocycles. The Balaban J connectivity index is 1.21. The predicted molar refractivity (Wildman–Crippen MR) is 453 cm³/mol. The van der Waals surface area contributed by atoms with E-state index in [1.54, 1.807) is 62.4 Å². The molecule has 0 radical (unpaired) electrons. The molecule has 0 bridgehead atoms. The van der Waals surface area contributed by atoms with E-state index < -0.39 is 138 Å². The van der Waals surface area contributed by atoms with Crippen LogP contribution >= 0.6 is 11.6 Å². The summed E-state index contributed by atoms with van der Waals surface area (Å²) in [6.45, 7) is 10.7. The number of aliphatic hydroxyl groups excluding tert-OH is 1. The number of anilines is 2. The first-order valence-corrected chi connectivity index (χ1v) is 41.1. The minimum Gasteiger partial charge on any atom is -0.394 e. The molecule has 7 rings (SSSR count). The molecule has 648 valence electrons. The number of nitrogens with one attached hydrogen (secondary N) is 14. The second-order valence-corrected chi connectivity index (χ2v) is 31.0.